The highest BCUT2D eigenvalue weighted by molar-refractivity contribution is 5.99. The molecule has 0 saturated heterocycles. The molecule has 0 spiro atoms. The Hall–Kier alpha value is -4.11. The topological polar surface area (TPSA) is 81.0 Å². The molecule has 0 amide bonds. The lowest BCUT2D eigenvalue weighted by atomic mass is 10.1. The van der Waals surface area contributed by atoms with Crippen LogP contribution in [0.4, 0.5) is 15.9 Å². The average molecular weight is 472 g/mol. The molecule has 8 nitrogen and oxygen atoms in total. The molecule has 178 valence electrons. The van der Waals surface area contributed by atoms with Gasteiger partial charge in [-0.3, -0.25) is 9.67 Å². The fraction of sp³-hybridized carbons (Fsp3) is 0.231. The number of nitrogens with one attached hydrogen (secondary N) is 1. The van der Waals surface area contributed by atoms with Crippen molar-refractivity contribution in [1.29, 1.82) is 0 Å². The molecule has 0 saturated carbocycles. The molecule has 5 aromatic rings. The van der Waals surface area contributed by atoms with Crippen LogP contribution in [0.1, 0.15) is 6.92 Å². The molecule has 1 N–H and O–H groups in total. The summed E-state index contributed by atoms with van der Waals surface area (Å²) in [5.74, 6) is 0.682. The van der Waals surface area contributed by atoms with Gasteiger partial charge in [0.25, 0.3) is 0 Å². The number of benzene rings is 2. The zero-order valence-electron chi connectivity index (χ0n) is 20.0. The van der Waals surface area contributed by atoms with Crippen molar-refractivity contribution in [3.63, 3.8) is 0 Å². The van der Waals surface area contributed by atoms with Crippen LogP contribution < -0.4 is 10.1 Å². The third-order valence-corrected chi connectivity index (χ3v) is 5.66. The highest BCUT2D eigenvalue weighted by Gasteiger charge is 2.18. The van der Waals surface area contributed by atoms with E-state index in [-0.39, 0.29) is 6.10 Å². The fourth-order valence-corrected chi connectivity index (χ4v) is 4.19. The normalized spacial score (nSPS) is 12.4. The highest BCUT2D eigenvalue weighted by Crippen LogP contribution is 2.37. The first-order valence-corrected chi connectivity index (χ1v) is 11.3. The summed E-state index contributed by atoms with van der Waals surface area (Å²) in [5, 5.41) is 8.57. The number of hydrogen-bond donors (Lipinski definition) is 1. The molecule has 5 rings (SSSR count). The molecule has 1 unspecified atom stereocenters. The lowest BCUT2D eigenvalue weighted by Crippen LogP contribution is -2.28. The Morgan fingerprint density at radius 1 is 1.09 bits per heavy atom. The molecular weight excluding hydrogens is 445 g/mol. The number of hydrogen-bond acceptors (Lipinski definition) is 7. The van der Waals surface area contributed by atoms with Gasteiger partial charge in [0, 0.05) is 36.9 Å². The van der Waals surface area contributed by atoms with Crippen molar-refractivity contribution in [3.8, 4) is 16.9 Å². The summed E-state index contributed by atoms with van der Waals surface area (Å²) >= 11 is 0. The van der Waals surface area contributed by atoms with Crippen molar-refractivity contribution in [2.75, 3.05) is 26.0 Å². The van der Waals surface area contributed by atoms with Crippen molar-refractivity contribution in [2.24, 2.45) is 7.05 Å². The van der Waals surface area contributed by atoms with Gasteiger partial charge in [0.15, 0.2) is 5.82 Å². The Bertz CT molecular complexity index is 1510. The van der Waals surface area contributed by atoms with Crippen LogP contribution in [0.25, 0.3) is 32.9 Å². The molecule has 0 radical (unpaired) electrons. The van der Waals surface area contributed by atoms with Crippen LogP contribution in [0.3, 0.4) is 0 Å². The quantitative estimate of drug-likeness (QED) is 0.365. The van der Waals surface area contributed by atoms with E-state index in [4.69, 9.17) is 4.74 Å². The first-order chi connectivity index (χ1) is 16.9. The summed E-state index contributed by atoms with van der Waals surface area (Å²) in [7, 11) is 5.87. The van der Waals surface area contributed by atoms with E-state index in [9.17, 15) is 0 Å². The van der Waals surface area contributed by atoms with Gasteiger partial charge >= 0.3 is 0 Å². The minimum atomic E-state index is -0.391. The molecule has 2 aromatic carbocycles. The number of nitrogens with zero attached hydrogens (tertiary/aromatic N) is 6. The number of aryl methyl sites for hydroxylation is 1. The lowest BCUT2D eigenvalue weighted by Gasteiger charge is -2.21. The minimum Gasteiger partial charge on any atom is -0.489 e. The molecule has 35 heavy (non-hydrogen) atoms. The Morgan fingerprint density at radius 2 is 1.94 bits per heavy atom. The van der Waals surface area contributed by atoms with E-state index in [0.717, 1.165) is 17.7 Å². The first-order valence-electron chi connectivity index (χ1n) is 11.3. The standard InChI is InChI=1S/C26H26FN7O/c1-16(13-33(2)3)35-23-11-17(18-12-31-34(4)14-18)10-22-24(23)26(30-15-29-22)32-21-8-7-20-19(25(21)27)6-5-9-28-20/h5-12,14-16H,13H2,1-4H3,(H,29,30,32). The second-order valence-corrected chi connectivity index (χ2v) is 8.81. The zero-order chi connectivity index (χ0) is 24.5. The van der Waals surface area contributed by atoms with Gasteiger partial charge in [-0.2, -0.15) is 5.10 Å². The molecule has 3 aromatic heterocycles. The Kier molecular flexibility index (Phi) is 6.00. The van der Waals surface area contributed by atoms with Crippen LogP contribution in [0.2, 0.25) is 0 Å². The summed E-state index contributed by atoms with van der Waals surface area (Å²) < 4.78 is 23.4. The highest BCUT2D eigenvalue weighted by atomic mass is 19.1. The summed E-state index contributed by atoms with van der Waals surface area (Å²) in [6.45, 7) is 2.73. The van der Waals surface area contributed by atoms with Crippen LogP contribution in [0.5, 0.6) is 5.75 Å². The fourth-order valence-electron chi connectivity index (χ4n) is 4.19. The number of rotatable bonds is 7. The number of ether oxygens (including phenoxy) is 1. The molecule has 0 aliphatic heterocycles. The van der Waals surface area contributed by atoms with Crippen molar-refractivity contribution < 1.29 is 9.13 Å². The number of fused-ring (bicyclic) bond motifs is 2. The van der Waals surface area contributed by atoms with Crippen LogP contribution >= 0.6 is 0 Å². The maximum Gasteiger partial charge on any atom is 0.156 e. The summed E-state index contributed by atoms with van der Waals surface area (Å²) in [6, 6.07) is 10.8. The molecule has 0 aliphatic carbocycles. The van der Waals surface area contributed by atoms with E-state index < -0.39 is 5.82 Å². The predicted molar refractivity (Wildman–Crippen MR) is 135 cm³/mol. The monoisotopic (exact) mass is 471 g/mol. The van der Waals surface area contributed by atoms with E-state index in [1.165, 1.54) is 6.33 Å². The molecular formula is C26H26FN7O. The van der Waals surface area contributed by atoms with Crippen LogP contribution in [0, 0.1) is 5.82 Å². The molecule has 0 fully saturated rings. The van der Waals surface area contributed by atoms with Gasteiger partial charge in [-0.1, -0.05) is 0 Å². The van der Waals surface area contributed by atoms with Crippen LogP contribution in [-0.4, -0.2) is 56.4 Å². The summed E-state index contributed by atoms with van der Waals surface area (Å²) in [4.78, 5) is 15.2. The van der Waals surface area contributed by atoms with Gasteiger partial charge in [0.2, 0.25) is 0 Å². The van der Waals surface area contributed by atoms with E-state index >= 15 is 4.39 Å². The number of aromatic nitrogens is 5. The van der Waals surface area contributed by atoms with Gasteiger partial charge in [-0.25, -0.2) is 14.4 Å². The molecule has 1 atom stereocenters. The maximum atomic E-state index is 15.3. The predicted octanol–water partition coefficient (Wildman–Crippen LogP) is 4.79. The van der Waals surface area contributed by atoms with Gasteiger partial charge in [0.05, 0.1) is 28.3 Å². The Morgan fingerprint density at radius 3 is 2.71 bits per heavy atom. The summed E-state index contributed by atoms with van der Waals surface area (Å²) in [5.41, 5.74) is 3.43. The maximum absolute atomic E-state index is 15.3. The summed E-state index contributed by atoms with van der Waals surface area (Å²) in [6.07, 6.45) is 6.74. The number of anilines is 2. The second kappa shape index (κ2) is 9.27. The largest absolute Gasteiger partial charge is 0.489 e. The second-order valence-electron chi connectivity index (χ2n) is 8.81. The minimum absolute atomic E-state index is 0.103. The van der Waals surface area contributed by atoms with Crippen molar-refractivity contribution in [1.82, 2.24) is 29.6 Å². The van der Waals surface area contributed by atoms with Crippen LogP contribution in [-0.2, 0) is 7.05 Å². The van der Waals surface area contributed by atoms with Crippen LogP contribution in [0.15, 0.2) is 61.3 Å². The molecule has 0 bridgehead atoms. The zero-order valence-corrected chi connectivity index (χ0v) is 20.0. The first kappa shape index (κ1) is 22.7. The van der Waals surface area contributed by atoms with Gasteiger partial charge < -0.3 is 15.0 Å². The number of halogens is 1. The number of pyridine rings is 1. The number of likely N-dealkylation sites (N-methyl/N-ethyl adjacent to an activating group) is 1. The van der Waals surface area contributed by atoms with Gasteiger partial charge in [-0.05, 0) is 63.0 Å². The molecule has 9 heteroatoms. The SMILES string of the molecule is CC(CN(C)C)Oc1cc(-c2cnn(C)c2)cc2ncnc(Nc3ccc4ncccc4c3F)c12. The van der Waals surface area contributed by atoms with E-state index in [2.05, 4.69) is 30.3 Å². The van der Waals surface area contributed by atoms with E-state index in [0.29, 0.717) is 39.1 Å². The Balaban J connectivity index is 1.63. The van der Waals surface area contributed by atoms with Crippen molar-refractivity contribution in [2.45, 2.75) is 13.0 Å². The molecule has 3 heterocycles. The molecule has 0 aliphatic rings. The third kappa shape index (κ3) is 4.63. The van der Waals surface area contributed by atoms with Crippen molar-refractivity contribution >= 4 is 33.3 Å². The van der Waals surface area contributed by atoms with E-state index in [1.807, 2.05) is 46.4 Å². The Labute approximate surface area is 202 Å². The average Bonchev–Trinajstić information content (AvgIpc) is 3.26. The van der Waals surface area contributed by atoms with Gasteiger partial charge in [-0.15, -0.1) is 0 Å². The van der Waals surface area contributed by atoms with Crippen molar-refractivity contribution in [3.05, 3.63) is 67.1 Å². The van der Waals surface area contributed by atoms with Gasteiger partial charge in [0.1, 0.15) is 24.0 Å². The third-order valence-electron chi connectivity index (χ3n) is 5.66. The smallest absolute Gasteiger partial charge is 0.156 e. The van der Waals surface area contributed by atoms with E-state index in [1.54, 1.807) is 41.3 Å². The lowest BCUT2D eigenvalue weighted by molar-refractivity contribution is 0.179.